The van der Waals surface area contributed by atoms with Crippen molar-refractivity contribution in [3.8, 4) is 5.75 Å². The van der Waals surface area contributed by atoms with Gasteiger partial charge >= 0.3 is 0 Å². The molecule has 0 aromatic heterocycles. The maximum atomic E-state index is 13.7. The second-order valence-corrected chi connectivity index (χ2v) is 5.15. The molecule has 0 fully saturated rings. The summed E-state index contributed by atoms with van der Waals surface area (Å²) in [5.74, 6) is 0.318. The monoisotopic (exact) mass is 324 g/mol. The van der Waals surface area contributed by atoms with Crippen LogP contribution in [0.3, 0.4) is 0 Å². The Morgan fingerprint density at radius 1 is 1.26 bits per heavy atom. The molecule has 2 rings (SSSR count). The fraction of sp³-hybridized carbons (Fsp3) is 0.200. The van der Waals surface area contributed by atoms with E-state index < -0.39 is 11.9 Å². The lowest BCUT2D eigenvalue weighted by molar-refractivity contribution is 0.173. The fourth-order valence-electron chi connectivity index (χ4n) is 1.90. The third-order valence-corrected chi connectivity index (χ3v) is 3.37. The largest absolute Gasteiger partial charge is 0.497 e. The molecule has 4 heteroatoms. The van der Waals surface area contributed by atoms with Crippen LogP contribution in [0.2, 0.25) is 0 Å². The zero-order valence-electron chi connectivity index (χ0n) is 10.4. The molecule has 0 spiro atoms. The SMILES string of the molecule is COc1cccc(CC(O)c2cc(Br)ccc2F)c1. The molecule has 19 heavy (non-hydrogen) atoms. The molecule has 1 atom stereocenters. The average Bonchev–Trinajstić information content (AvgIpc) is 2.41. The minimum Gasteiger partial charge on any atom is -0.497 e. The van der Waals surface area contributed by atoms with Crippen molar-refractivity contribution in [1.29, 1.82) is 0 Å². The van der Waals surface area contributed by atoms with Crippen LogP contribution in [0, 0.1) is 5.82 Å². The maximum absolute atomic E-state index is 13.7. The molecule has 0 aliphatic heterocycles. The third kappa shape index (κ3) is 3.55. The zero-order valence-corrected chi connectivity index (χ0v) is 12.0. The Morgan fingerprint density at radius 3 is 2.79 bits per heavy atom. The van der Waals surface area contributed by atoms with E-state index in [1.165, 1.54) is 6.07 Å². The predicted molar refractivity (Wildman–Crippen MR) is 75.8 cm³/mol. The molecule has 1 N–H and O–H groups in total. The molecule has 0 aliphatic rings. The van der Waals surface area contributed by atoms with Crippen molar-refractivity contribution >= 4 is 15.9 Å². The van der Waals surface area contributed by atoms with Crippen LogP contribution in [-0.4, -0.2) is 12.2 Å². The fourth-order valence-corrected chi connectivity index (χ4v) is 2.28. The Hall–Kier alpha value is -1.39. The molecular weight excluding hydrogens is 311 g/mol. The lowest BCUT2D eigenvalue weighted by atomic mass is 10.0. The molecule has 2 nitrogen and oxygen atoms in total. The maximum Gasteiger partial charge on any atom is 0.129 e. The lowest BCUT2D eigenvalue weighted by Crippen LogP contribution is -2.04. The molecule has 0 bridgehead atoms. The smallest absolute Gasteiger partial charge is 0.129 e. The van der Waals surface area contributed by atoms with Gasteiger partial charge in [0.2, 0.25) is 0 Å². The number of hydrogen-bond acceptors (Lipinski definition) is 2. The van der Waals surface area contributed by atoms with Crippen molar-refractivity contribution in [2.45, 2.75) is 12.5 Å². The summed E-state index contributed by atoms with van der Waals surface area (Å²) in [5.41, 5.74) is 1.18. The first-order chi connectivity index (χ1) is 9.10. The summed E-state index contributed by atoms with van der Waals surface area (Å²) in [6.45, 7) is 0. The van der Waals surface area contributed by atoms with E-state index in [1.54, 1.807) is 19.2 Å². The van der Waals surface area contributed by atoms with Crippen LogP contribution in [0.15, 0.2) is 46.9 Å². The highest BCUT2D eigenvalue weighted by Gasteiger charge is 2.14. The van der Waals surface area contributed by atoms with Gasteiger partial charge < -0.3 is 9.84 Å². The van der Waals surface area contributed by atoms with Crippen LogP contribution >= 0.6 is 15.9 Å². The molecule has 0 heterocycles. The molecule has 0 radical (unpaired) electrons. The minimum atomic E-state index is -0.885. The molecule has 2 aromatic rings. The Morgan fingerprint density at radius 2 is 2.05 bits per heavy atom. The minimum absolute atomic E-state index is 0.289. The quantitative estimate of drug-likeness (QED) is 0.925. The number of rotatable bonds is 4. The molecule has 0 saturated heterocycles. The van der Waals surface area contributed by atoms with Gasteiger partial charge in [-0.25, -0.2) is 4.39 Å². The first-order valence-corrected chi connectivity index (χ1v) is 6.65. The number of methoxy groups -OCH3 is 1. The molecule has 2 aromatic carbocycles. The van der Waals surface area contributed by atoms with E-state index in [-0.39, 0.29) is 5.56 Å². The van der Waals surface area contributed by atoms with Gasteiger partial charge in [-0.2, -0.15) is 0 Å². The highest BCUT2D eigenvalue weighted by atomic mass is 79.9. The van der Waals surface area contributed by atoms with Gasteiger partial charge in [0, 0.05) is 16.5 Å². The summed E-state index contributed by atoms with van der Waals surface area (Å²) < 4.78 is 19.5. The summed E-state index contributed by atoms with van der Waals surface area (Å²) in [5, 5.41) is 10.1. The van der Waals surface area contributed by atoms with Crippen LogP contribution in [0.1, 0.15) is 17.2 Å². The number of aliphatic hydroxyl groups is 1. The second-order valence-electron chi connectivity index (χ2n) is 4.24. The van der Waals surface area contributed by atoms with Crippen molar-refractivity contribution < 1.29 is 14.2 Å². The van der Waals surface area contributed by atoms with E-state index in [9.17, 15) is 9.50 Å². The predicted octanol–water partition coefficient (Wildman–Crippen LogP) is 3.87. The van der Waals surface area contributed by atoms with E-state index in [0.717, 1.165) is 15.8 Å². The Labute approximate surface area is 120 Å². The lowest BCUT2D eigenvalue weighted by Gasteiger charge is -2.13. The van der Waals surface area contributed by atoms with Crippen LogP contribution in [0.4, 0.5) is 4.39 Å². The van der Waals surface area contributed by atoms with Gasteiger partial charge in [-0.1, -0.05) is 28.1 Å². The van der Waals surface area contributed by atoms with Gasteiger partial charge in [0.05, 0.1) is 13.2 Å². The summed E-state index contributed by atoms with van der Waals surface area (Å²) in [6.07, 6.45) is -0.547. The van der Waals surface area contributed by atoms with E-state index in [4.69, 9.17) is 4.74 Å². The average molecular weight is 325 g/mol. The normalized spacial score (nSPS) is 12.2. The summed E-state index contributed by atoms with van der Waals surface area (Å²) in [7, 11) is 1.59. The second kappa shape index (κ2) is 6.17. The number of ether oxygens (including phenoxy) is 1. The third-order valence-electron chi connectivity index (χ3n) is 2.88. The van der Waals surface area contributed by atoms with Crippen molar-refractivity contribution in [3.05, 3.63) is 63.9 Å². The summed E-state index contributed by atoms with van der Waals surface area (Å²) in [4.78, 5) is 0. The summed E-state index contributed by atoms with van der Waals surface area (Å²) in [6, 6.07) is 11.9. The first-order valence-electron chi connectivity index (χ1n) is 5.86. The first kappa shape index (κ1) is 14.0. The van der Waals surface area contributed by atoms with Crippen molar-refractivity contribution in [1.82, 2.24) is 0 Å². The Kier molecular flexibility index (Phi) is 4.56. The Bertz CT molecular complexity index is 572. The van der Waals surface area contributed by atoms with Gasteiger partial charge in [-0.15, -0.1) is 0 Å². The number of aliphatic hydroxyl groups excluding tert-OH is 1. The van der Waals surface area contributed by atoms with Gasteiger partial charge in [0.15, 0.2) is 0 Å². The van der Waals surface area contributed by atoms with E-state index in [0.29, 0.717) is 6.42 Å². The van der Waals surface area contributed by atoms with E-state index >= 15 is 0 Å². The van der Waals surface area contributed by atoms with Crippen LogP contribution in [-0.2, 0) is 6.42 Å². The molecule has 100 valence electrons. The van der Waals surface area contributed by atoms with Crippen LogP contribution in [0.5, 0.6) is 5.75 Å². The molecule has 0 aliphatic carbocycles. The van der Waals surface area contributed by atoms with Crippen LogP contribution in [0.25, 0.3) is 0 Å². The van der Waals surface area contributed by atoms with E-state index in [1.807, 2.05) is 24.3 Å². The van der Waals surface area contributed by atoms with Gasteiger partial charge in [-0.3, -0.25) is 0 Å². The van der Waals surface area contributed by atoms with Gasteiger partial charge in [-0.05, 0) is 35.9 Å². The molecular formula is C15H14BrFO2. The van der Waals surface area contributed by atoms with Crippen LogP contribution < -0.4 is 4.74 Å². The molecule has 0 saturated carbocycles. The summed E-state index contributed by atoms with van der Waals surface area (Å²) >= 11 is 3.28. The highest BCUT2D eigenvalue weighted by molar-refractivity contribution is 9.10. The van der Waals surface area contributed by atoms with Crippen molar-refractivity contribution in [3.63, 3.8) is 0 Å². The number of halogens is 2. The van der Waals surface area contributed by atoms with Crippen molar-refractivity contribution in [2.24, 2.45) is 0 Å². The van der Waals surface area contributed by atoms with Crippen molar-refractivity contribution in [2.75, 3.05) is 7.11 Å². The van der Waals surface area contributed by atoms with E-state index in [2.05, 4.69) is 15.9 Å². The topological polar surface area (TPSA) is 29.5 Å². The highest BCUT2D eigenvalue weighted by Crippen LogP contribution is 2.25. The number of hydrogen-bond donors (Lipinski definition) is 1. The van der Waals surface area contributed by atoms with Gasteiger partial charge in [0.25, 0.3) is 0 Å². The Balaban J connectivity index is 2.20. The van der Waals surface area contributed by atoms with Gasteiger partial charge in [0.1, 0.15) is 11.6 Å². The number of benzene rings is 2. The zero-order chi connectivity index (χ0) is 13.8. The molecule has 1 unspecified atom stereocenters. The standard InChI is InChI=1S/C15H14BrFO2/c1-19-12-4-2-3-10(7-12)8-15(18)13-9-11(16)5-6-14(13)17/h2-7,9,15,18H,8H2,1H3. The molecule has 0 amide bonds.